The van der Waals surface area contributed by atoms with Crippen molar-refractivity contribution in [3.05, 3.63) is 58.3 Å². The molecule has 2 aromatic carbocycles. The zero-order valence-corrected chi connectivity index (χ0v) is 11.6. The van der Waals surface area contributed by atoms with Crippen LogP contribution in [0.2, 0.25) is 0 Å². The van der Waals surface area contributed by atoms with Gasteiger partial charge < -0.3 is 10.5 Å². The van der Waals surface area contributed by atoms with E-state index in [4.69, 9.17) is 22.7 Å². The number of halogens is 2. The quantitative estimate of drug-likeness (QED) is 0.866. The van der Waals surface area contributed by atoms with Crippen molar-refractivity contribution in [2.45, 2.75) is 0 Å². The number of benzene rings is 2. The second kappa shape index (κ2) is 5.46. The van der Waals surface area contributed by atoms with Crippen LogP contribution in [0.4, 0.5) is 4.39 Å². The SMILES string of the molecule is NC(=S)c1c(Br)cccc1Oc1ccccc1F. The standard InChI is InChI=1S/C13H9BrFNOS/c14-8-4-3-7-11(12(8)13(16)18)17-10-6-2-1-5-9(10)15/h1-7H,(H2,16,18). The maximum absolute atomic E-state index is 13.5. The van der Waals surface area contributed by atoms with Crippen LogP contribution in [-0.2, 0) is 0 Å². The first kappa shape index (κ1) is 13.0. The molecule has 0 aromatic heterocycles. The molecule has 5 heteroatoms. The third-order valence-electron chi connectivity index (χ3n) is 2.28. The van der Waals surface area contributed by atoms with Crippen molar-refractivity contribution in [2.75, 3.05) is 0 Å². The molecule has 0 unspecified atom stereocenters. The molecule has 18 heavy (non-hydrogen) atoms. The highest BCUT2D eigenvalue weighted by Gasteiger charge is 2.12. The van der Waals surface area contributed by atoms with Crippen LogP contribution in [0.25, 0.3) is 0 Å². The van der Waals surface area contributed by atoms with Crippen LogP contribution in [-0.4, -0.2) is 4.99 Å². The highest BCUT2D eigenvalue weighted by Crippen LogP contribution is 2.31. The average molecular weight is 326 g/mol. The molecule has 2 nitrogen and oxygen atoms in total. The van der Waals surface area contributed by atoms with Crippen molar-refractivity contribution < 1.29 is 9.13 Å². The first-order chi connectivity index (χ1) is 8.59. The van der Waals surface area contributed by atoms with Crippen LogP contribution in [0.15, 0.2) is 46.9 Å². The molecule has 0 amide bonds. The zero-order chi connectivity index (χ0) is 13.1. The van der Waals surface area contributed by atoms with Gasteiger partial charge >= 0.3 is 0 Å². The minimum Gasteiger partial charge on any atom is -0.454 e. The van der Waals surface area contributed by atoms with E-state index < -0.39 is 5.82 Å². The van der Waals surface area contributed by atoms with Crippen molar-refractivity contribution >= 4 is 33.1 Å². The molecular weight excluding hydrogens is 317 g/mol. The van der Waals surface area contributed by atoms with Gasteiger partial charge in [0.05, 0.1) is 5.56 Å². The van der Waals surface area contributed by atoms with E-state index >= 15 is 0 Å². The molecule has 0 atom stereocenters. The van der Waals surface area contributed by atoms with E-state index in [1.54, 1.807) is 36.4 Å². The summed E-state index contributed by atoms with van der Waals surface area (Å²) in [5.74, 6) is 0.112. The van der Waals surface area contributed by atoms with Gasteiger partial charge in [0.25, 0.3) is 0 Å². The molecule has 0 radical (unpaired) electrons. The Kier molecular flexibility index (Phi) is 3.93. The first-order valence-corrected chi connectivity index (χ1v) is 6.30. The molecule has 2 aromatic rings. The molecule has 0 heterocycles. The van der Waals surface area contributed by atoms with Crippen molar-refractivity contribution in [2.24, 2.45) is 5.73 Å². The second-order valence-corrected chi connectivity index (χ2v) is 4.80. The summed E-state index contributed by atoms with van der Waals surface area (Å²) < 4.78 is 19.7. The van der Waals surface area contributed by atoms with Gasteiger partial charge in [-0.25, -0.2) is 4.39 Å². The fourth-order valence-electron chi connectivity index (χ4n) is 1.47. The molecule has 0 fully saturated rings. The average Bonchev–Trinajstić information content (AvgIpc) is 2.31. The van der Waals surface area contributed by atoms with Crippen LogP contribution in [0.5, 0.6) is 11.5 Å². The highest BCUT2D eigenvalue weighted by atomic mass is 79.9. The van der Waals surface area contributed by atoms with Gasteiger partial charge in [-0.1, -0.05) is 30.4 Å². The lowest BCUT2D eigenvalue weighted by Crippen LogP contribution is -2.11. The molecule has 0 saturated carbocycles. The van der Waals surface area contributed by atoms with Gasteiger partial charge in [-0.2, -0.15) is 0 Å². The van der Waals surface area contributed by atoms with Gasteiger partial charge in [-0.05, 0) is 40.2 Å². The molecule has 0 aliphatic heterocycles. The van der Waals surface area contributed by atoms with E-state index in [1.165, 1.54) is 6.07 Å². The summed E-state index contributed by atoms with van der Waals surface area (Å²) in [6.45, 7) is 0. The summed E-state index contributed by atoms with van der Waals surface area (Å²) in [5.41, 5.74) is 6.19. The predicted molar refractivity (Wildman–Crippen MR) is 76.5 cm³/mol. The Balaban J connectivity index is 2.44. The van der Waals surface area contributed by atoms with E-state index in [2.05, 4.69) is 15.9 Å². The molecule has 0 spiro atoms. The van der Waals surface area contributed by atoms with E-state index in [0.29, 0.717) is 15.8 Å². The fourth-order valence-corrected chi connectivity index (χ4v) is 2.38. The Morgan fingerprint density at radius 3 is 2.44 bits per heavy atom. The summed E-state index contributed by atoms with van der Waals surface area (Å²) in [4.78, 5) is 0.189. The number of thiocarbonyl (C=S) groups is 1. The monoisotopic (exact) mass is 325 g/mol. The molecule has 0 aliphatic carbocycles. The van der Waals surface area contributed by atoms with E-state index in [0.717, 1.165) is 0 Å². The number of nitrogens with two attached hydrogens (primary N) is 1. The molecule has 0 aliphatic rings. The number of ether oxygens (including phenoxy) is 1. The third-order valence-corrected chi connectivity index (χ3v) is 3.14. The summed E-state index contributed by atoms with van der Waals surface area (Å²) in [7, 11) is 0. The van der Waals surface area contributed by atoms with E-state index in [1.807, 2.05) is 0 Å². The Hall–Kier alpha value is -1.46. The Morgan fingerprint density at radius 2 is 1.78 bits per heavy atom. The summed E-state index contributed by atoms with van der Waals surface area (Å²) >= 11 is 8.30. The van der Waals surface area contributed by atoms with Crippen LogP contribution >= 0.6 is 28.1 Å². The topological polar surface area (TPSA) is 35.2 Å². The Bertz CT molecular complexity index is 603. The molecular formula is C13H9BrFNOS. The largest absolute Gasteiger partial charge is 0.454 e. The molecule has 2 rings (SSSR count). The second-order valence-electron chi connectivity index (χ2n) is 3.51. The number of hydrogen-bond donors (Lipinski definition) is 1. The van der Waals surface area contributed by atoms with Crippen LogP contribution in [0, 0.1) is 5.82 Å². The molecule has 0 saturated heterocycles. The Labute approximate surface area is 118 Å². The lowest BCUT2D eigenvalue weighted by atomic mass is 10.2. The van der Waals surface area contributed by atoms with Crippen molar-refractivity contribution in [1.29, 1.82) is 0 Å². The van der Waals surface area contributed by atoms with Gasteiger partial charge in [0, 0.05) is 4.47 Å². The maximum Gasteiger partial charge on any atom is 0.165 e. The summed E-state index contributed by atoms with van der Waals surface area (Å²) in [5, 5.41) is 0. The lowest BCUT2D eigenvalue weighted by Gasteiger charge is -2.12. The summed E-state index contributed by atoms with van der Waals surface area (Å²) in [6.07, 6.45) is 0. The van der Waals surface area contributed by atoms with Gasteiger partial charge in [0.2, 0.25) is 0 Å². The number of hydrogen-bond acceptors (Lipinski definition) is 2. The normalized spacial score (nSPS) is 10.1. The third kappa shape index (κ3) is 2.68. The van der Waals surface area contributed by atoms with Crippen molar-refractivity contribution in [1.82, 2.24) is 0 Å². The maximum atomic E-state index is 13.5. The van der Waals surface area contributed by atoms with Crippen LogP contribution in [0.1, 0.15) is 5.56 Å². The van der Waals surface area contributed by atoms with Gasteiger partial charge in [-0.15, -0.1) is 0 Å². The molecule has 2 N–H and O–H groups in total. The van der Waals surface area contributed by atoms with Crippen molar-refractivity contribution in [3.8, 4) is 11.5 Å². The zero-order valence-electron chi connectivity index (χ0n) is 9.19. The van der Waals surface area contributed by atoms with Gasteiger partial charge in [0.15, 0.2) is 11.6 Å². The van der Waals surface area contributed by atoms with Crippen LogP contribution in [0.3, 0.4) is 0 Å². The van der Waals surface area contributed by atoms with E-state index in [9.17, 15) is 4.39 Å². The van der Waals surface area contributed by atoms with Gasteiger partial charge in [0.1, 0.15) is 10.7 Å². The Morgan fingerprint density at radius 1 is 1.11 bits per heavy atom. The molecule has 0 bridgehead atoms. The minimum atomic E-state index is -0.439. The summed E-state index contributed by atoms with van der Waals surface area (Å²) in [6, 6.07) is 11.4. The first-order valence-electron chi connectivity index (χ1n) is 5.10. The fraction of sp³-hybridized carbons (Fsp3) is 0. The smallest absolute Gasteiger partial charge is 0.165 e. The number of rotatable bonds is 3. The highest BCUT2D eigenvalue weighted by molar-refractivity contribution is 9.10. The van der Waals surface area contributed by atoms with Crippen molar-refractivity contribution in [3.63, 3.8) is 0 Å². The predicted octanol–water partition coefficient (Wildman–Crippen LogP) is 4.01. The number of para-hydroxylation sites is 1. The lowest BCUT2D eigenvalue weighted by molar-refractivity contribution is 0.441. The molecule has 92 valence electrons. The minimum absolute atomic E-state index is 0.133. The van der Waals surface area contributed by atoms with Gasteiger partial charge in [-0.3, -0.25) is 0 Å². The van der Waals surface area contributed by atoms with Crippen LogP contribution < -0.4 is 10.5 Å². The van der Waals surface area contributed by atoms with E-state index in [-0.39, 0.29) is 10.7 Å².